The van der Waals surface area contributed by atoms with Crippen LogP contribution in [0.4, 0.5) is 5.13 Å². The van der Waals surface area contributed by atoms with Crippen LogP contribution in [0.1, 0.15) is 17.3 Å². The Morgan fingerprint density at radius 3 is 3.06 bits per heavy atom. The van der Waals surface area contributed by atoms with Crippen molar-refractivity contribution in [2.24, 2.45) is 0 Å². The maximum Gasteiger partial charge on any atom is 0.337 e. The van der Waals surface area contributed by atoms with Crippen molar-refractivity contribution >= 4 is 32.7 Å². The smallest absolute Gasteiger partial charge is 0.337 e. The van der Waals surface area contributed by atoms with Gasteiger partial charge in [0, 0.05) is 6.54 Å². The van der Waals surface area contributed by atoms with Gasteiger partial charge in [-0.15, -0.1) is 0 Å². The maximum atomic E-state index is 11.3. The number of methoxy groups -OCH3 is 1. The van der Waals surface area contributed by atoms with Gasteiger partial charge in [-0.3, -0.25) is 0 Å². The lowest BCUT2D eigenvalue weighted by Crippen LogP contribution is -1.99. The van der Waals surface area contributed by atoms with E-state index in [9.17, 15) is 4.79 Å². The van der Waals surface area contributed by atoms with Gasteiger partial charge in [0.15, 0.2) is 5.13 Å². The van der Waals surface area contributed by atoms with Gasteiger partial charge in [-0.25, -0.2) is 9.78 Å². The number of rotatable bonds is 3. The molecule has 84 valence electrons. The van der Waals surface area contributed by atoms with Crippen LogP contribution in [0, 0.1) is 0 Å². The van der Waals surface area contributed by atoms with Crippen LogP contribution in [0.15, 0.2) is 18.2 Å². The molecule has 0 saturated heterocycles. The third-order valence-corrected chi connectivity index (χ3v) is 3.11. The van der Waals surface area contributed by atoms with Crippen LogP contribution in [0.2, 0.25) is 0 Å². The number of carbonyl (C=O) groups is 1. The number of hydrogen-bond donors (Lipinski definition) is 1. The molecule has 0 radical (unpaired) electrons. The van der Waals surface area contributed by atoms with E-state index in [0.717, 1.165) is 21.9 Å². The zero-order chi connectivity index (χ0) is 11.5. The minimum Gasteiger partial charge on any atom is -0.465 e. The quantitative estimate of drug-likeness (QED) is 0.832. The van der Waals surface area contributed by atoms with Gasteiger partial charge in [0.25, 0.3) is 0 Å². The van der Waals surface area contributed by atoms with Gasteiger partial charge in [0.2, 0.25) is 0 Å². The molecule has 0 fully saturated rings. The van der Waals surface area contributed by atoms with Gasteiger partial charge in [-0.05, 0) is 25.1 Å². The van der Waals surface area contributed by atoms with Crippen molar-refractivity contribution in [3.05, 3.63) is 23.8 Å². The van der Waals surface area contributed by atoms with E-state index >= 15 is 0 Å². The summed E-state index contributed by atoms with van der Waals surface area (Å²) in [4.78, 5) is 15.7. The Bertz CT molecular complexity index is 522. The average molecular weight is 236 g/mol. The van der Waals surface area contributed by atoms with Crippen molar-refractivity contribution in [2.75, 3.05) is 19.0 Å². The largest absolute Gasteiger partial charge is 0.465 e. The molecule has 0 aliphatic heterocycles. The monoisotopic (exact) mass is 236 g/mol. The van der Waals surface area contributed by atoms with Crippen molar-refractivity contribution in [3.8, 4) is 0 Å². The Morgan fingerprint density at radius 1 is 1.56 bits per heavy atom. The maximum absolute atomic E-state index is 11.3. The minimum atomic E-state index is -0.319. The lowest BCUT2D eigenvalue weighted by molar-refractivity contribution is 0.0601. The molecule has 0 aliphatic rings. The Hall–Kier alpha value is -1.62. The molecule has 1 heterocycles. The van der Waals surface area contributed by atoms with Gasteiger partial charge in [0.05, 0.1) is 22.9 Å². The van der Waals surface area contributed by atoms with E-state index in [1.807, 2.05) is 13.0 Å². The van der Waals surface area contributed by atoms with Crippen molar-refractivity contribution < 1.29 is 9.53 Å². The van der Waals surface area contributed by atoms with E-state index < -0.39 is 0 Å². The van der Waals surface area contributed by atoms with Crippen molar-refractivity contribution in [3.63, 3.8) is 0 Å². The second-order valence-corrected chi connectivity index (χ2v) is 4.25. The van der Waals surface area contributed by atoms with Gasteiger partial charge in [-0.1, -0.05) is 11.3 Å². The van der Waals surface area contributed by atoms with E-state index in [0.29, 0.717) is 5.56 Å². The predicted octanol–water partition coefficient (Wildman–Crippen LogP) is 2.51. The summed E-state index contributed by atoms with van der Waals surface area (Å²) in [5, 5.41) is 4.03. The highest BCUT2D eigenvalue weighted by Crippen LogP contribution is 2.26. The molecule has 0 saturated carbocycles. The lowest BCUT2D eigenvalue weighted by atomic mass is 10.2. The summed E-state index contributed by atoms with van der Waals surface area (Å²) in [5.41, 5.74) is 1.45. The summed E-state index contributed by atoms with van der Waals surface area (Å²) in [7, 11) is 1.38. The van der Waals surface area contributed by atoms with E-state index in [1.54, 1.807) is 12.1 Å². The number of thiazole rings is 1. The third-order valence-electron chi connectivity index (χ3n) is 2.14. The van der Waals surface area contributed by atoms with Crippen molar-refractivity contribution in [1.29, 1.82) is 0 Å². The van der Waals surface area contributed by atoms with E-state index in [-0.39, 0.29) is 5.97 Å². The minimum absolute atomic E-state index is 0.319. The second-order valence-electron chi connectivity index (χ2n) is 3.22. The Morgan fingerprint density at radius 2 is 2.38 bits per heavy atom. The van der Waals surface area contributed by atoms with Crippen LogP contribution in [-0.4, -0.2) is 24.6 Å². The Balaban J connectivity index is 2.41. The zero-order valence-electron chi connectivity index (χ0n) is 9.11. The highest BCUT2D eigenvalue weighted by molar-refractivity contribution is 7.22. The number of hydrogen-bond acceptors (Lipinski definition) is 5. The first-order chi connectivity index (χ1) is 7.74. The Labute approximate surface area is 97.3 Å². The molecule has 0 spiro atoms. The molecule has 2 aromatic rings. The van der Waals surface area contributed by atoms with Crippen molar-refractivity contribution in [1.82, 2.24) is 4.98 Å². The fourth-order valence-electron chi connectivity index (χ4n) is 1.40. The average Bonchev–Trinajstić information content (AvgIpc) is 2.69. The molecule has 0 atom stereocenters. The summed E-state index contributed by atoms with van der Waals surface area (Å²) in [6.07, 6.45) is 0. The van der Waals surface area contributed by atoms with Crippen LogP contribution in [0.3, 0.4) is 0 Å². The van der Waals surface area contributed by atoms with Gasteiger partial charge < -0.3 is 10.1 Å². The zero-order valence-corrected chi connectivity index (χ0v) is 9.93. The number of aromatic nitrogens is 1. The molecule has 4 nitrogen and oxygen atoms in total. The molecule has 1 aromatic heterocycles. The lowest BCUT2D eigenvalue weighted by Gasteiger charge is -1.97. The number of ether oxygens (including phenoxy) is 1. The SMILES string of the molecule is CCNc1nc2ccc(C(=O)OC)cc2s1. The number of benzene rings is 1. The summed E-state index contributed by atoms with van der Waals surface area (Å²) < 4.78 is 5.65. The molecule has 0 unspecified atom stereocenters. The number of anilines is 1. The topological polar surface area (TPSA) is 51.2 Å². The molecule has 2 rings (SSSR count). The van der Waals surface area contributed by atoms with Crippen LogP contribution in [0.5, 0.6) is 0 Å². The first kappa shape index (κ1) is 10.9. The van der Waals surface area contributed by atoms with E-state index in [2.05, 4.69) is 15.0 Å². The molecule has 16 heavy (non-hydrogen) atoms. The summed E-state index contributed by atoms with van der Waals surface area (Å²) in [6, 6.07) is 5.36. The number of nitrogens with one attached hydrogen (secondary N) is 1. The second kappa shape index (κ2) is 4.49. The summed E-state index contributed by atoms with van der Waals surface area (Å²) in [5.74, 6) is -0.319. The normalized spacial score (nSPS) is 10.4. The highest BCUT2D eigenvalue weighted by atomic mass is 32.1. The fraction of sp³-hybridized carbons (Fsp3) is 0.273. The molecular formula is C11H12N2O2S. The van der Waals surface area contributed by atoms with Crippen LogP contribution < -0.4 is 5.32 Å². The predicted molar refractivity (Wildman–Crippen MR) is 65.1 cm³/mol. The number of carbonyl (C=O) groups excluding carboxylic acids is 1. The summed E-state index contributed by atoms with van der Waals surface area (Å²) in [6.45, 7) is 2.86. The fourth-order valence-corrected chi connectivity index (χ4v) is 2.37. The van der Waals surface area contributed by atoms with Crippen molar-refractivity contribution in [2.45, 2.75) is 6.92 Å². The van der Waals surface area contributed by atoms with Gasteiger partial charge in [-0.2, -0.15) is 0 Å². The van der Waals surface area contributed by atoms with Crippen LogP contribution in [0.25, 0.3) is 10.2 Å². The van der Waals surface area contributed by atoms with E-state index in [1.165, 1.54) is 18.4 Å². The standard InChI is InChI=1S/C11H12N2O2S/c1-3-12-11-13-8-5-4-7(10(14)15-2)6-9(8)16-11/h4-6H,3H2,1-2H3,(H,12,13). The molecule has 1 aromatic carbocycles. The first-order valence-electron chi connectivity index (χ1n) is 4.97. The molecule has 1 N–H and O–H groups in total. The first-order valence-corrected chi connectivity index (χ1v) is 5.79. The number of nitrogens with zero attached hydrogens (tertiary/aromatic N) is 1. The van der Waals surface area contributed by atoms with Crippen LogP contribution >= 0.6 is 11.3 Å². The third kappa shape index (κ3) is 1.99. The summed E-state index contributed by atoms with van der Waals surface area (Å²) >= 11 is 1.53. The van der Waals surface area contributed by atoms with E-state index in [4.69, 9.17) is 0 Å². The van der Waals surface area contributed by atoms with Gasteiger partial charge in [0.1, 0.15) is 0 Å². The molecule has 0 aliphatic carbocycles. The molecular weight excluding hydrogens is 224 g/mol. The highest BCUT2D eigenvalue weighted by Gasteiger charge is 2.08. The number of esters is 1. The van der Waals surface area contributed by atoms with Crippen LogP contribution in [-0.2, 0) is 4.74 Å². The number of fused-ring (bicyclic) bond motifs is 1. The van der Waals surface area contributed by atoms with Gasteiger partial charge >= 0.3 is 5.97 Å². The molecule has 0 bridgehead atoms. The molecule has 0 amide bonds. The Kier molecular flexibility index (Phi) is 3.05. The molecule has 5 heteroatoms.